The van der Waals surface area contributed by atoms with Crippen LogP contribution in [0, 0.1) is 6.92 Å². The van der Waals surface area contributed by atoms with Crippen LogP contribution in [0.3, 0.4) is 0 Å². The summed E-state index contributed by atoms with van der Waals surface area (Å²) in [6.07, 6.45) is 0.157. The van der Waals surface area contributed by atoms with Crippen LogP contribution in [0.1, 0.15) is 21.1 Å². The first kappa shape index (κ1) is 18.8. The van der Waals surface area contributed by atoms with Crippen molar-refractivity contribution in [3.8, 4) is 11.3 Å². The van der Waals surface area contributed by atoms with Gasteiger partial charge in [-0.3, -0.25) is 9.59 Å². The maximum absolute atomic E-state index is 12.4. The standard InChI is InChI=1S/C16H18N2O3S3/c1-11-18-14(12-5-3-2-4-6-12)15(24-11)16(21)17-8-10-23-22-9-7-13(19)20/h2-6H,7-10H2,1H3,(H,17,21)(H,19,20). The summed E-state index contributed by atoms with van der Waals surface area (Å²) in [4.78, 5) is 27.9. The Hall–Kier alpha value is -1.51. The van der Waals surface area contributed by atoms with Gasteiger partial charge in [0.15, 0.2) is 0 Å². The number of hydrogen-bond acceptors (Lipinski definition) is 6. The minimum absolute atomic E-state index is 0.115. The van der Waals surface area contributed by atoms with Crippen LogP contribution < -0.4 is 5.32 Å². The number of hydrogen-bond donors (Lipinski definition) is 2. The number of thiazole rings is 1. The normalized spacial score (nSPS) is 10.5. The van der Waals surface area contributed by atoms with Gasteiger partial charge in [-0.15, -0.1) is 11.3 Å². The van der Waals surface area contributed by atoms with Crippen molar-refractivity contribution in [3.05, 3.63) is 40.2 Å². The van der Waals surface area contributed by atoms with Crippen LogP contribution >= 0.6 is 32.9 Å². The first-order chi connectivity index (χ1) is 11.6. The molecule has 24 heavy (non-hydrogen) atoms. The Morgan fingerprint density at radius 3 is 2.62 bits per heavy atom. The van der Waals surface area contributed by atoms with Crippen molar-refractivity contribution in [2.24, 2.45) is 0 Å². The van der Waals surface area contributed by atoms with Crippen LogP contribution in [0.2, 0.25) is 0 Å². The molecule has 0 aliphatic rings. The monoisotopic (exact) mass is 382 g/mol. The molecule has 0 atom stereocenters. The molecule has 0 spiro atoms. The number of aliphatic carboxylic acids is 1. The number of aryl methyl sites for hydroxylation is 1. The average molecular weight is 383 g/mol. The predicted molar refractivity (Wildman–Crippen MR) is 102 cm³/mol. The lowest BCUT2D eigenvalue weighted by Gasteiger charge is -2.05. The fraction of sp³-hybridized carbons (Fsp3) is 0.312. The highest BCUT2D eigenvalue weighted by molar-refractivity contribution is 8.76. The molecule has 1 aromatic carbocycles. The topological polar surface area (TPSA) is 79.3 Å². The number of carboxylic acid groups (broad SMARTS) is 1. The Balaban J connectivity index is 1.84. The van der Waals surface area contributed by atoms with Gasteiger partial charge in [-0.1, -0.05) is 51.9 Å². The number of nitrogens with zero attached hydrogens (tertiary/aromatic N) is 1. The molecule has 0 saturated carbocycles. The highest BCUT2D eigenvalue weighted by Gasteiger charge is 2.17. The van der Waals surface area contributed by atoms with Gasteiger partial charge >= 0.3 is 5.97 Å². The smallest absolute Gasteiger partial charge is 0.304 e. The van der Waals surface area contributed by atoms with Crippen LogP contribution in [0.4, 0.5) is 0 Å². The highest BCUT2D eigenvalue weighted by Crippen LogP contribution is 2.28. The zero-order valence-corrected chi connectivity index (χ0v) is 15.6. The molecule has 1 amide bonds. The molecule has 128 valence electrons. The highest BCUT2D eigenvalue weighted by atomic mass is 33.1. The summed E-state index contributed by atoms with van der Waals surface area (Å²) in [6.45, 7) is 2.43. The third kappa shape index (κ3) is 5.85. The minimum atomic E-state index is -0.787. The summed E-state index contributed by atoms with van der Waals surface area (Å²) >= 11 is 1.39. The number of amides is 1. The Kier molecular flexibility index (Phi) is 7.61. The van der Waals surface area contributed by atoms with Crippen molar-refractivity contribution < 1.29 is 14.7 Å². The molecule has 0 saturated heterocycles. The molecular formula is C16H18N2O3S3. The Labute approximate surface area is 152 Å². The summed E-state index contributed by atoms with van der Waals surface area (Å²) in [5.74, 6) is 0.398. The minimum Gasteiger partial charge on any atom is -0.481 e. The first-order valence-electron chi connectivity index (χ1n) is 7.35. The molecule has 0 fully saturated rings. The second-order valence-electron chi connectivity index (χ2n) is 4.82. The zero-order valence-electron chi connectivity index (χ0n) is 13.2. The van der Waals surface area contributed by atoms with Crippen molar-refractivity contribution in [1.82, 2.24) is 10.3 Å². The lowest BCUT2D eigenvalue weighted by atomic mass is 10.1. The fourth-order valence-electron chi connectivity index (χ4n) is 1.91. The van der Waals surface area contributed by atoms with Crippen molar-refractivity contribution in [3.63, 3.8) is 0 Å². The van der Waals surface area contributed by atoms with Gasteiger partial charge in [-0.2, -0.15) is 0 Å². The zero-order chi connectivity index (χ0) is 17.4. The van der Waals surface area contributed by atoms with Gasteiger partial charge in [0.05, 0.1) is 17.1 Å². The SMILES string of the molecule is Cc1nc(-c2ccccc2)c(C(=O)NCCSSCCC(=O)O)s1. The van der Waals surface area contributed by atoms with E-state index >= 15 is 0 Å². The molecule has 8 heteroatoms. The molecule has 2 rings (SSSR count). The molecule has 1 aromatic heterocycles. The summed E-state index contributed by atoms with van der Waals surface area (Å²) in [7, 11) is 3.07. The molecule has 0 radical (unpaired) electrons. The van der Waals surface area contributed by atoms with E-state index in [9.17, 15) is 9.59 Å². The Morgan fingerprint density at radius 2 is 1.92 bits per heavy atom. The van der Waals surface area contributed by atoms with Gasteiger partial charge in [0.25, 0.3) is 5.91 Å². The second-order valence-corrected chi connectivity index (χ2v) is 8.73. The molecule has 5 nitrogen and oxygen atoms in total. The second kappa shape index (κ2) is 9.71. The van der Waals surface area contributed by atoms with Gasteiger partial charge in [0.2, 0.25) is 0 Å². The molecular weight excluding hydrogens is 364 g/mol. The third-order valence-electron chi connectivity index (χ3n) is 2.94. The van der Waals surface area contributed by atoms with E-state index in [1.807, 2.05) is 37.3 Å². The van der Waals surface area contributed by atoms with Gasteiger partial charge in [-0.25, -0.2) is 4.98 Å². The largest absolute Gasteiger partial charge is 0.481 e. The van der Waals surface area contributed by atoms with E-state index in [0.717, 1.165) is 22.0 Å². The number of benzene rings is 1. The van der Waals surface area contributed by atoms with Crippen molar-refractivity contribution in [2.75, 3.05) is 18.1 Å². The van der Waals surface area contributed by atoms with Gasteiger partial charge < -0.3 is 10.4 Å². The van der Waals surface area contributed by atoms with Crippen molar-refractivity contribution in [2.45, 2.75) is 13.3 Å². The molecule has 0 bridgehead atoms. The van der Waals surface area contributed by atoms with Crippen molar-refractivity contribution >= 4 is 44.8 Å². The summed E-state index contributed by atoms with van der Waals surface area (Å²) in [6, 6.07) is 9.68. The van der Waals surface area contributed by atoms with E-state index in [0.29, 0.717) is 17.2 Å². The van der Waals surface area contributed by atoms with Crippen LogP contribution in [-0.4, -0.2) is 40.0 Å². The van der Waals surface area contributed by atoms with E-state index in [1.54, 1.807) is 10.8 Å². The van der Waals surface area contributed by atoms with Gasteiger partial charge in [0, 0.05) is 23.6 Å². The summed E-state index contributed by atoms with van der Waals surface area (Å²) in [5.41, 5.74) is 1.66. The lowest BCUT2D eigenvalue weighted by molar-refractivity contribution is -0.136. The van der Waals surface area contributed by atoms with Crippen molar-refractivity contribution in [1.29, 1.82) is 0 Å². The van der Waals surface area contributed by atoms with E-state index < -0.39 is 5.97 Å². The number of rotatable bonds is 9. The van der Waals surface area contributed by atoms with Crippen LogP contribution in [0.5, 0.6) is 0 Å². The maximum atomic E-state index is 12.4. The molecule has 0 aliphatic carbocycles. The average Bonchev–Trinajstić information content (AvgIpc) is 2.96. The van der Waals surface area contributed by atoms with Gasteiger partial charge in [-0.05, 0) is 6.92 Å². The van der Waals surface area contributed by atoms with Gasteiger partial charge in [0.1, 0.15) is 4.88 Å². The fourth-order valence-corrected chi connectivity index (χ4v) is 4.65. The molecule has 2 aromatic rings. The number of carboxylic acids is 1. The van der Waals surface area contributed by atoms with Crippen LogP contribution in [-0.2, 0) is 4.79 Å². The van der Waals surface area contributed by atoms with E-state index in [-0.39, 0.29) is 12.3 Å². The quantitative estimate of drug-likeness (QED) is 0.508. The summed E-state index contributed by atoms with van der Waals surface area (Å²) < 4.78 is 0. The van der Waals surface area contributed by atoms with E-state index in [4.69, 9.17) is 5.11 Å². The first-order valence-corrected chi connectivity index (χ1v) is 10.7. The number of nitrogens with one attached hydrogen (secondary N) is 1. The third-order valence-corrected chi connectivity index (χ3v) is 6.32. The number of carbonyl (C=O) groups excluding carboxylic acids is 1. The maximum Gasteiger partial charge on any atom is 0.304 e. The van der Waals surface area contributed by atoms with E-state index in [2.05, 4.69) is 10.3 Å². The van der Waals surface area contributed by atoms with Crippen LogP contribution in [0.25, 0.3) is 11.3 Å². The molecule has 1 heterocycles. The van der Waals surface area contributed by atoms with Crippen LogP contribution in [0.15, 0.2) is 30.3 Å². The molecule has 2 N–H and O–H groups in total. The van der Waals surface area contributed by atoms with E-state index in [1.165, 1.54) is 22.1 Å². The Bertz CT molecular complexity index is 689. The molecule has 0 unspecified atom stereocenters. The predicted octanol–water partition coefficient (Wildman–Crippen LogP) is 3.70. The summed E-state index contributed by atoms with van der Waals surface area (Å²) in [5, 5.41) is 12.3. The molecule has 0 aliphatic heterocycles. The number of aromatic nitrogens is 1. The number of carbonyl (C=O) groups is 2. The lowest BCUT2D eigenvalue weighted by Crippen LogP contribution is -2.25. The Morgan fingerprint density at radius 1 is 1.21 bits per heavy atom.